The van der Waals surface area contributed by atoms with Crippen molar-refractivity contribution in [2.24, 2.45) is 0 Å². The summed E-state index contributed by atoms with van der Waals surface area (Å²) in [4.78, 5) is 34.3. The lowest BCUT2D eigenvalue weighted by Crippen LogP contribution is -2.26. The molecule has 4 heterocycles. The Labute approximate surface area is 388 Å². The Morgan fingerprint density at radius 2 is 1.19 bits per heavy atom. The van der Waals surface area contributed by atoms with Gasteiger partial charge in [0.25, 0.3) is 11.8 Å². The molecule has 4 aromatic heterocycles. The number of hydrogen-bond acceptors (Lipinski definition) is 10. The van der Waals surface area contributed by atoms with Crippen molar-refractivity contribution < 1.29 is 41.0 Å². The third-order valence-corrected chi connectivity index (χ3v) is 11.8. The molecule has 9 rings (SSSR count). The second-order valence-corrected chi connectivity index (χ2v) is 17.8. The van der Waals surface area contributed by atoms with Crippen molar-refractivity contribution in [2.75, 3.05) is 23.7 Å². The van der Waals surface area contributed by atoms with Crippen LogP contribution in [0.1, 0.15) is 70.4 Å². The van der Waals surface area contributed by atoms with Crippen LogP contribution >= 0.6 is 23.4 Å². The highest BCUT2D eigenvalue weighted by Crippen LogP contribution is 2.34. The predicted molar refractivity (Wildman–Crippen MR) is 243 cm³/mol. The number of phenolic OH excluding ortho intramolecular Hbond substituents is 1. The molecule has 13 nitrogen and oxygen atoms in total. The number of aromatic nitrogens is 6. The first-order valence-corrected chi connectivity index (χ1v) is 22.4. The number of nitrogens with zero attached hydrogens (tertiary/aromatic N) is 6. The van der Waals surface area contributed by atoms with Crippen molar-refractivity contribution in [3.63, 3.8) is 0 Å². The highest BCUT2D eigenvalue weighted by Gasteiger charge is 2.29. The zero-order chi connectivity index (χ0) is 47.6. The normalized spacial score (nSPS) is 13.9. The van der Waals surface area contributed by atoms with E-state index < -0.39 is 25.2 Å². The maximum Gasteiger partial charge on any atom is 0.390 e. The molecule has 2 aliphatic rings. The molecule has 0 unspecified atom stereocenters. The lowest BCUT2D eigenvalue weighted by molar-refractivity contribution is -0.132. The third-order valence-electron chi connectivity index (χ3n) is 10.7. The zero-order valence-corrected chi connectivity index (χ0v) is 37.5. The smallest absolute Gasteiger partial charge is 0.390 e. The van der Waals surface area contributed by atoms with E-state index in [9.17, 15) is 41.0 Å². The number of alkyl halides is 6. The summed E-state index contributed by atoms with van der Waals surface area (Å²) in [5.74, 6) is -0.111. The average molecular weight is 965 g/mol. The van der Waals surface area contributed by atoms with Gasteiger partial charge >= 0.3 is 12.4 Å². The summed E-state index contributed by atoms with van der Waals surface area (Å²) < 4.78 is 78.7. The van der Waals surface area contributed by atoms with Crippen molar-refractivity contribution in [2.45, 2.75) is 86.7 Å². The summed E-state index contributed by atoms with van der Waals surface area (Å²) >= 11 is 7.35. The second kappa shape index (κ2) is 19.4. The number of hydrogen-bond donors (Lipinski definition) is 5. The number of nitrogens with one attached hydrogen (secondary N) is 4. The molecule has 0 radical (unpaired) electrons. The number of phenols is 1. The summed E-state index contributed by atoms with van der Waals surface area (Å²) in [5.41, 5.74) is 7.06. The van der Waals surface area contributed by atoms with Crippen LogP contribution in [-0.4, -0.2) is 83.6 Å². The van der Waals surface area contributed by atoms with E-state index in [4.69, 9.17) is 11.6 Å². The van der Waals surface area contributed by atoms with E-state index in [0.717, 1.165) is 52.8 Å². The predicted octanol–water partition coefficient (Wildman–Crippen LogP) is 10.4. The molecule has 3 aromatic carbocycles. The van der Waals surface area contributed by atoms with Crippen molar-refractivity contribution in [3.05, 3.63) is 113 Å². The minimum Gasteiger partial charge on any atom is -0.508 e. The monoisotopic (exact) mass is 964 g/mol. The first-order valence-electron chi connectivity index (χ1n) is 21.2. The molecule has 2 fully saturated rings. The minimum absolute atomic E-state index is 0.0965. The van der Waals surface area contributed by atoms with E-state index in [1.54, 1.807) is 65.4 Å². The van der Waals surface area contributed by atoms with Crippen LogP contribution in [0.2, 0.25) is 5.15 Å². The molecule has 2 aliphatic carbocycles. The molecule has 0 atom stereocenters. The van der Waals surface area contributed by atoms with E-state index in [2.05, 4.69) is 41.4 Å². The van der Waals surface area contributed by atoms with Crippen molar-refractivity contribution in [1.29, 1.82) is 0 Å². The molecule has 0 spiro atoms. The summed E-state index contributed by atoms with van der Waals surface area (Å²) in [5, 5.41) is 30.9. The van der Waals surface area contributed by atoms with Gasteiger partial charge in [0.05, 0.1) is 48.0 Å². The molecular formula is C46H43ClF6N10O3S. The standard InChI is InChI=1S/C26H24F3N5O2S.C20H19ClF3N5O/c1-15-11-16(5-8-20(15)25(36)32-17-6-7-17)22-14-31-24-21(30-10-9-26(27,28)29)13-23(33-34(22)24)37-19-4-2-3-18(35)12-19;1-11-8-12(2-5-14(11)19(30)27-13-3-4-13)16-10-26-18-15(9-17(21)28-29(16)18)25-7-6-20(22,23)24/h2-5,8,11-14,17,30,35H,6-7,9-10H2,1H3,(H,32,36);2,5,8-10,13,25H,3-4,6-7H2,1H3,(H,27,30). The van der Waals surface area contributed by atoms with E-state index in [-0.39, 0.29) is 47.9 Å². The summed E-state index contributed by atoms with van der Waals surface area (Å²) in [6, 6.07) is 21.1. The van der Waals surface area contributed by atoms with Crippen LogP contribution in [0.3, 0.4) is 0 Å². The lowest BCUT2D eigenvalue weighted by atomic mass is 10.0. The number of carbonyl (C=O) groups is 2. The second-order valence-electron chi connectivity index (χ2n) is 16.3. The lowest BCUT2D eigenvalue weighted by Gasteiger charge is -2.13. The Balaban J connectivity index is 0.000000186. The molecular weight excluding hydrogens is 922 g/mol. The molecule has 0 aliphatic heterocycles. The van der Waals surface area contributed by atoms with Crippen LogP contribution < -0.4 is 21.3 Å². The number of amides is 2. The van der Waals surface area contributed by atoms with Crippen LogP contribution in [0.5, 0.6) is 5.75 Å². The minimum atomic E-state index is -4.29. The number of halogens is 7. The fourth-order valence-corrected chi connectivity index (χ4v) is 8.12. The van der Waals surface area contributed by atoms with Crippen LogP contribution in [0.4, 0.5) is 37.7 Å². The maximum absolute atomic E-state index is 12.8. The molecule has 0 bridgehead atoms. The highest BCUT2D eigenvalue weighted by molar-refractivity contribution is 7.99. The van der Waals surface area contributed by atoms with Crippen molar-refractivity contribution in [3.8, 4) is 28.3 Å². The topological polar surface area (TPSA) is 163 Å². The van der Waals surface area contributed by atoms with Crippen molar-refractivity contribution >= 4 is 57.8 Å². The van der Waals surface area contributed by atoms with Gasteiger partial charge < -0.3 is 26.4 Å². The van der Waals surface area contributed by atoms with Gasteiger partial charge in [0, 0.05) is 58.4 Å². The van der Waals surface area contributed by atoms with Crippen LogP contribution in [0.25, 0.3) is 33.8 Å². The number of carbonyl (C=O) groups excluding carboxylic acids is 2. The number of aromatic hydroxyl groups is 1. The SMILES string of the molecule is Cc1cc(-c2cnc3c(NCCC(F)(F)F)cc(Cl)nn23)ccc1C(=O)NC1CC1.Cc1cc(-c2cnc3c(NCCC(F)(F)F)cc(Sc4cccc(O)c4)nn23)ccc1C(=O)NC1CC1. The summed E-state index contributed by atoms with van der Waals surface area (Å²) in [7, 11) is 0. The fourth-order valence-electron chi connectivity index (χ4n) is 7.07. The van der Waals surface area contributed by atoms with Gasteiger partial charge in [-0.05, 0) is 99.2 Å². The first kappa shape index (κ1) is 47.0. The molecule has 2 saturated carbocycles. The molecule has 350 valence electrons. The first-order chi connectivity index (χ1) is 31.9. The molecule has 67 heavy (non-hydrogen) atoms. The molecule has 7 aromatic rings. The Morgan fingerprint density at radius 3 is 1.66 bits per heavy atom. The van der Waals surface area contributed by atoms with Crippen LogP contribution in [-0.2, 0) is 0 Å². The number of aryl methyl sites for hydroxylation is 2. The largest absolute Gasteiger partial charge is 0.508 e. The van der Waals surface area contributed by atoms with Gasteiger partial charge in [-0.15, -0.1) is 0 Å². The molecule has 0 saturated heterocycles. The van der Waals surface area contributed by atoms with Crippen LogP contribution in [0, 0.1) is 13.8 Å². The number of rotatable bonds is 14. The number of imidazole rings is 2. The van der Waals surface area contributed by atoms with Crippen LogP contribution in [0.15, 0.2) is 95.1 Å². The summed E-state index contributed by atoms with van der Waals surface area (Å²) in [6.45, 7) is 3.09. The third kappa shape index (κ3) is 12.1. The Hall–Kier alpha value is -6.54. The van der Waals surface area contributed by atoms with Gasteiger partial charge in [-0.3, -0.25) is 9.59 Å². The Morgan fingerprint density at radius 1 is 0.701 bits per heavy atom. The Kier molecular flexibility index (Phi) is 13.6. The highest BCUT2D eigenvalue weighted by atomic mass is 35.5. The van der Waals surface area contributed by atoms with E-state index in [1.807, 2.05) is 32.0 Å². The number of fused-ring (bicyclic) bond motifs is 2. The van der Waals surface area contributed by atoms with E-state index in [0.29, 0.717) is 50.2 Å². The average Bonchev–Trinajstić information content (AvgIpc) is 4.17. The number of anilines is 2. The molecule has 5 N–H and O–H groups in total. The van der Waals surface area contributed by atoms with E-state index in [1.165, 1.54) is 22.3 Å². The Bertz CT molecular complexity index is 2970. The number of benzene rings is 3. The van der Waals surface area contributed by atoms with Crippen molar-refractivity contribution in [1.82, 2.24) is 39.8 Å². The molecule has 2 amide bonds. The quantitative estimate of drug-likeness (QED) is 0.0663. The maximum atomic E-state index is 12.8. The van der Waals surface area contributed by atoms with Gasteiger partial charge in [0.2, 0.25) is 0 Å². The van der Waals surface area contributed by atoms with E-state index >= 15 is 0 Å². The molecule has 21 heteroatoms. The zero-order valence-electron chi connectivity index (χ0n) is 35.9. The van der Waals surface area contributed by atoms with Gasteiger partial charge in [0.1, 0.15) is 10.8 Å². The summed E-state index contributed by atoms with van der Waals surface area (Å²) in [6.07, 6.45) is -3.31. The van der Waals surface area contributed by atoms with Gasteiger partial charge in [0.15, 0.2) is 16.4 Å². The van der Waals surface area contributed by atoms with Gasteiger partial charge in [-0.25, -0.2) is 19.0 Å². The van der Waals surface area contributed by atoms with Gasteiger partial charge in [-0.2, -0.15) is 36.5 Å². The van der Waals surface area contributed by atoms with Gasteiger partial charge in [-0.1, -0.05) is 41.6 Å². The fraction of sp³-hybridized carbons (Fsp3) is 0.304.